The number of hydrogen-bond donors (Lipinski definition) is 3. The quantitative estimate of drug-likeness (QED) is 0.684. The maximum absolute atomic E-state index is 8.86. The van der Waals surface area contributed by atoms with Gasteiger partial charge in [0.2, 0.25) is 0 Å². The first-order valence-electron chi connectivity index (χ1n) is 5.41. The van der Waals surface area contributed by atoms with Crippen LogP contribution in [0.2, 0.25) is 0 Å². The van der Waals surface area contributed by atoms with E-state index < -0.39 is 0 Å². The molecule has 0 aromatic carbocycles. The third-order valence-electron chi connectivity index (χ3n) is 2.65. The molecule has 1 aromatic rings. The predicted molar refractivity (Wildman–Crippen MR) is 59.7 cm³/mol. The van der Waals surface area contributed by atoms with Crippen molar-refractivity contribution in [2.75, 3.05) is 18.4 Å². The second kappa shape index (κ2) is 5.09. The largest absolute Gasteiger partial charge is 0.390 e. The van der Waals surface area contributed by atoms with Gasteiger partial charge in [0, 0.05) is 12.6 Å². The van der Waals surface area contributed by atoms with Gasteiger partial charge >= 0.3 is 0 Å². The molecule has 0 unspecified atom stereocenters. The molecule has 1 aliphatic rings. The van der Waals surface area contributed by atoms with Crippen molar-refractivity contribution in [3.63, 3.8) is 0 Å². The fourth-order valence-corrected chi connectivity index (χ4v) is 1.81. The monoisotopic (exact) mass is 207 g/mol. The number of pyridine rings is 1. The molecule has 2 rings (SSSR count). The minimum Gasteiger partial charge on any atom is -0.390 e. The zero-order valence-corrected chi connectivity index (χ0v) is 8.74. The Hall–Kier alpha value is -1.13. The molecular weight excluding hydrogens is 190 g/mol. The molecule has 1 saturated heterocycles. The number of anilines is 1. The van der Waals surface area contributed by atoms with Crippen LogP contribution in [0.3, 0.4) is 0 Å². The molecule has 0 radical (unpaired) electrons. The van der Waals surface area contributed by atoms with Crippen LogP contribution in [0.5, 0.6) is 0 Å². The second-order valence-corrected chi connectivity index (χ2v) is 3.88. The van der Waals surface area contributed by atoms with Crippen LogP contribution in [-0.2, 0) is 6.61 Å². The van der Waals surface area contributed by atoms with E-state index in [0.717, 1.165) is 18.8 Å². The number of rotatable bonds is 3. The van der Waals surface area contributed by atoms with Crippen molar-refractivity contribution in [2.24, 2.45) is 0 Å². The molecule has 15 heavy (non-hydrogen) atoms. The Labute approximate surface area is 89.7 Å². The molecule has 4 nitrogen and oxygen atoms in total. The molecule has 1 aromatic heterocycles. The van der Waals surface area contributed by atoms with Crippen LogP contribution in [0, 0.1) is 0 Å². The van der Waals surface area contributed by atoms with Crippen molar-refractivity contribution in [1.82, 2.24) is 10.3 Å². The van der Waals surface area contributed by atoms with E-state index in [1.165, 1.54) is 12.8 Å². The van der Waals surface area contributed by atoms with Gasteiger partial charge in [-0.15, -0.1) is 0 Å². The van der Waals surface area contributed by atoms with Crippen molar-refractivity contribution in [3.05, 3.63) is 24.0 Å². The number of nitrogens with zero attached hydrogens (tertiary/aromatic N) is 1. The van der Waals surface area contributed by atoms with Gasteiger partial charge in [-0.3, -0.25) is 4.98 Å². The van der Waals surface area contributed by atoms with Gasteiger partial charge in [0.1, 0.15) is 0 Å². The highest BCUT2D eigenvalue weighted by molar-refractivity contribution is 5.42. The summed E-state index contributed by atoms with van der Waals surface area (Å²) >= 11 is 0. The molecule has 82 valence electrons. The summed E-state index contributed by atoms with van der Waals surface area (Å²) in [7, 11) is 0. The van der Waals surface area contributed by atoms with Crippen molar-refractivity contribution in [3.8, 4) is 0 Å². The average Bonchev–Trinajstić information content (AvgIpc) is 2.31. The molecule has 1 aliphatic heterocycles. The molecule has 0 spiro atoms. The summed E-state index contributed by atoms with van der Waals surface area (Å²) in [5, 5.41) is 15.6. The Morgan fingerprint density at radius 2 is 2.47 bits per heavy atom. The van der Waals surface area contributed by atoms with E-state index in [-0.39, 0.29) is 6.61 Å². The minimum atomic E-state index is 0.00522. The van der Waals surface area contributed by atoms with Gasteiger partial charge in [0.25, 0.3) is 0 Å². The molecule has 2 heterocycles. The fourth-order valence-electron chi connectivity index (χ4n) is 1.81. The van der Waals surface area contributed by atoms with E-state index >= 15 is 0 Å². The second-order valence-electron chi connectivity index (χ2n) is 3.88. The van der Waals surface area contributed by atoms with Gasteiger partial charge < -0.3 is 15.7 Å². The molecule has 0 saturated carbocycles. The highest BCUT2D eigenvalue weighted by Gasteiger charge is 2.11. The van der Waals surface area contributed by atoms with Crippen LogP contribution < -0.4 is 10.6 Å². The summed E-state index contributed by atoms with van der Waals surface area (Å²) in [5.41, 5.74) is 1.74. The lowest BCUT2D eigenvalue weighted by molar-refractivity contribution is 0.277. The first kappa shape index (κ1) is 10.4. The van der Waals surface area contributed by atoms with Crippen LogP contribution in [0.25, 0.3) is 0 Å². The first-order chi connectivity index (χ1) is 7.38. The molecule has 0 amide bonds. The molecule has 1 atom stereocenters. The Bertz CT molecular complexity index is 293. The summed E-state index contributed by atoms with van der Waals surface area (Å²) in [6.45, 7) is 2.15. The molecular formula is C11H17N3O. The highest BCUT2D eigenvalue weighted by atomic mass is 16.3. The summed E-state index contributed by atoms with van der Waals surface area (Å²) in [6.07, 6.45) is 4.20. The van der Waals surface area contributed by atoms with Gasteiger partial charge in [-0.1, -0.05) is 0 Å². The zero-order chi connectivity index (χ0) is 10.5. The molecule has 3 N–H and O–H groups in total. The van der Waals surface area contributed by atoms with E-state index in [4.69, 9.17) is 5.11 Å². The van der Waals surface area contributed by atoms with Crippen molar-refractivity contribution in [2.45, 2.75) is 25.5 Å². The minimum absolute atomic E-state index is 0.00522. The van der Waals surface area contributed by atoms with Gasteiger partial charge in [0.15, 0.2) is 0 Å². The number of piperidine rings is 1. The molecule has 0 aliphatic carbocycles. The van der Waals surface area contributed by atoms with Crippen LogP contribution in [0.4, 0.5) is 5.69 Å². The summed E-state index contributed by atoms with van der Waals surface area (Å²) in [4.78, 5) is 4.13. The maximum Gasteiger partial charge on any atom is 0.0852 e. The van der Waals surface area contributed by atoms with Gasteiger partial charge in [0.05, 0.1) is 24.2 Å². The topological polar surface area (TPSA) is 57.2 Å². The Morgan fingerprint density at radius 1 is 1.53 bits per heavy atom. The number of aliphatic hydroxyl groups excluding tert-OH is 1. The van der Waals surface area contributed by atoms with Crippen LogP contribution in [0.1, 0.15) is 18.5 Å². The van der Waals surface area contributed by atoms with Crippen molar-refractivity contribution in [1.29, 1.82) is 0 Å². The zero-order valence-electron chi connectivity index (χ0n) is 8.74. The van der Waals surface area contributed by atoms with Crippen molar-refractivity contribution < 1.29 is 5.11 Å². The Balaban J connectivity index is 1.91. The van der Waals surface area contributed by atoms with Crippen LogP contribution in [0.15, 0.2) is 18.3 Å². The molecule has 4 heteroatoms. The lowest BCUT2D eigenvalue weighted by atomic mass is 10.1. The van der Waals surface area contributed by atoms with E-state index in [9.17, 15) is 0 Å². The molecule has 1 fully saturated rings. The summed E-state index contributed by atoms with van der Waals surface area (Å²) in [5.74, 6) is 0. The van der Waals surface area contributed by atoms with Gasteiger partial charge in [-0.05, 0) is 31.5 Å². The van der Waals surface area contributed by atoms with E-state index in [1.807, 2.05) is 12.1 Å². The smallest absolute Gasteiger partial charge is 0.0852 e. The third-order valence-corrected chi connectivity index (χ3v) is 2.65. The first-order valence-corrected chi connectivity index (χ1v) is 5.41. The van der Waals surface area contributed by atoms with E-state index in [2.05, 4.69) is 15.6 Å². The summed E-state index contributed by atoms with van der Waals surface area (Å²) < 4.78 is 0. The predicted octanol–water partition coefficient (Wildman–Crippen LogP) is 0.738. The average molecular weight is 207 g/mol. The fraction of sp³-hybridized carbons (Fsp3) is 0.545. The standard InChI is InChI=1S/C11H17N3O/c15-8-11-4-3-10(7-13-11)14-9-2-1-5-12-6-9/h3-4,7,9,12,14-15H,1-2,5-6,8H2/t9-/m1/s1. The third kappa shape index (κ3) is 2.91. The van der Waals surface area contributed by atoms with Gasteiger partial charge in [-0.25, -0.2) is 0 Å². The lowest BCUT2D eigenvalue weighted by Gasteiger charge is -2.24. The van der Waals surface area contributed by atoms with Crippen LogP contribution >= 0.6 is 0 Å². The number of aromatic nitrogens is 1. The number of hydrogen-bond acceptors (Lipinski definition) is 4. The Kier molecular flexibility index (Phi) is 3.53. The SMILES string of the molecule is OCc1ccc(N[C@@H]2CCCNC2)cn1. The van der Waals surface area contributed by atoms with Crippen LogP contribution in [-0.4, -0.2) is 29.2 Å². The van der Waals surface area contributed by atoms with Crippen molar-refractivity contribution >= 4 is 5.69 Å². The summed E-state index contributed by atoms with van der Waals surface area (Å²) in [6, 6.07) is 4.31. The van der Waals surface area contributed by atoms with E-state index in [0.29, 0.717) is 11.7 Å². The number of nitrogens with one attached hydrogen (secondary N) is 2. The van der Waals surface area contributed by atoms with Gasteiger partial charge in [-0.2, -0.15) is 0 Å². The van der Waals surface area contributed by atoms with E-state index in [1.54, 1.807) is 6.20 Å². The number of aliphatic hydroxyl groups is 1. The maximum atomic E-state index is 8.86. The highest BCUT2D eigenvalue weighted by Crippen LogP contribution is 2.11. The lowest BCUT2D eigenvalue weighted by Crippen LogP contribution is -2.38. The Morgan fingerprint density at radius 3 is 3.07 bits per heavy atom. The normalized spacial score (nSPS) is 21.3. The molecule has 0 bridgehead atoms.